The molecule has 82 valence electrons. The minimum absolute atomic E-state index is 0.0456. The second-order valence-electron chi connectivity index (χ2n) is 3.14. The summed E-state index contributed by atoms with van der Waals surface area (Å²) in [7, 11) is 0. The first kappa shape index (κ1) is 10.2. The summed E-state index contributed by atoms with van der Waals surface area (Å²) >= 11 is 0. The van der Waals surface area contributed by atoms with Crippen LogP contribution in [0.2, 0.25) is 0 Å². The molecule has 7 nitrogen and oxygen atoms in total. The number of aliphatic carboxylic acids is 1. The number of aryl methyl sites for hydroxylation is 1. The van der Waals surface area contributed by atoms with Crippen molar-refractivity contribution in [3.8, 4) is 5.69 Å². The van der Waals surface area contributed by atoms with Gasteiger partial charge in [0.05, 0.1) is 30.7 Å². The Bertz CT molecular complexity index is 482. The molecule has 0 fully saturated rings. The molecule has 0 saturated carbocycles. The van der Waals surface area contributed by atoms with Crippen molar-refractivity contribution < 1.29 is 9.90 Å². The highest BCUT2D eigenvalue weighted by molar-refractivity contribution is 5.66. The average Bonchev–Trinajstić information content (AvgIpc) is 2.76. The van der Waals surface area contributed by atoms with E-state index in [0.29, 0.717) is 17.8 Å². The number of nitrogens with zero attached hydrogens (tertiary/aromatic N) is 5. The van der Waals surface area contributed by atoms with Gasteiger partial charge < -0.3 is 5.11 Å². The van der Waals surface area contributed by atoms with Gasteiger partial charge in [-0.1, -0.05) is 5.21 Å². The maximum Gasteiger partial charge on any atom is 0.303 e. The summed E-state index contributed by atoms with van der Waals surface area (Å²) in [5.41, 5.74) is 1.32. The van der Waals surface area contributed by atoms with E-state index in [9.17, 15) is 4.79 Å². The molecule has 0 saturated heterocycles. The maximum atomic E-state index is 10.4. The maximum absolute atomic E-state index is 10.4. The normalized spacial score (nSPS) is 10.2. The van der Waals surface area contributed by atoms with Crippen LogP contribution in [0.4, 0.5) is 0 Å². The number of carboxylic acid groups (broad SMARTS) is 1. The quantitative estimate of drug-likeness (QED) is 0.782. The van der Waals surface area contributed by atoms with Gasteiger partial charge >= 0.3 is 5.97 Å². The van der Waals surface area contributed by atoms with E-state index in [1.165, 1.54) is 11.0 Å². The van der Waals surface area contributed by atoms with Gasteiger partial charge in [0.1, 0.15) is 12.0 Å². The number of hydrogen-bond acceptors (Lipinski definition) is 5. The van der Waals surface area contributed by atoms with Crippen LogP contribution in [0.5, 0.6) is 0 Å². The van der Waals surface area contributed by atoms with Gasteiger partial charge in [0.15, 0.2) is 0 Å². The van der Waals surface area contributed by atoms with Gasteiger partial charge in [0.2, 0.25) is 0 Å². The van der Waals surface area contributed by atoms with E-state index in [1.807, 2.05) is 0 Å². The molecular weight excluding hydrogens is 210 g/mol. The number of hydrogen-bond donors (Lipinski definition) is 1. The van der Waals surface area contributed by atoms with Gasteiger partial charge in [0.25, 0.3) is 0 Å². The molecular formula is C9H9N5O2. The molecule has 0 unspecified atom stereocenters. The van der Waals surface area contributed by atoms with E-state index in [-0.39, 0.29) is 6.42 Å². The van der Waals surface area contributed by atoms with Crippen LogP contribution in [-0.2, 0) is 11.2 Å². The lowest BCUT2D eigenvalue weighted by Gasteiger charge is -1.95. The third-order valence-electron chi connectivity index (χ3n) is 1.95. The molecule has 0 aliphatic heterocycles. The van der Waals surface area contributed by atoms with Crippen molar-refractivity contribution in [2.24, 2.45) is 0 Å². The van der Waals surface area contributed by atoms with E-state index in [1.54, 1.807) is 18.6 Å². The zero-order valence-corrected chi connectivity index (χ0v) is 8.32. The minimum Gasteiger partial charge on any atom is -0.481 e. The second-order valence-corrected chi connectivity index (χ2v) is 3.14. The van der Waals surface area contributed by atoms with Crippen LogP contribution in [0.3, 0.4) is 0 Å². The van der Waals surface area contributed by atoms with Gasteiger partial charge in [-0.25, -0.2) is 14.6 Å². The highest BCUT2D eigenvalue weighted by Crippen LogP contribution is 2.04. The average molecular weight is 219 g/mol. The zero-order valence-electron chi connectivity index (χ0n) is 8.32. The number of rotatable bonds is 4. The highest BCUT2D eigenvalue weighted by Gasteiger charge is 2.05. The molecule has 1 N–H and O–H groups in total. The summed E-state index contributed by atoms with van der Waals surface area (Å²) in [4.78, 5) is 18.1. The van der Waals surface area contributed by atoms with Crippen LogP contribution >= 0.6 is 0 Å². The predicted molar refractivity (Wildman–Crippen MR) is 52.9 cm³/mol. The molecule has 2 aromatic rings. The van der Waals surface area contributed by atoms with Crippen molar-refractivity contribution in [3.63, 3.8) is 0 Å². The Labute approximate surface area is 90.8 Å². The lowest BCUT2D eigenvalue weighted by molar-refractivity contribution is -0.136. The van der Waals surface area contributed by atoms with Crippen LogP contribution in [0.25, 0.3) is 5.69 Å². The van der Waals surface area contributed by atoms with Crippen LogP contribution in [0.15, 0.2) is 24.9 Å². The van der Waals surface area contributed by atoms with Crippen LogP contribution in [-0.4, -0.2) is 36.0 Å². The molecule has 0 amide bonds. The van der Waals surface area contributed by atoms with Gasteiger partial charge in [-0.3, -0.25) is 4.79 Å². The van der Waals surface area contributed by atoms with Gasteiger partial charge in [0, 0.05) is 6.42 Å². The molecule has 2 heterocycles. The van der Waals surface area contributed by atoms with Crippen molar-refractivity contribution >= 4 is 5.97 Å². The van der Waals surface area contributed by atoms with Crippen molar-refractivity contribution in [1.29, 1.82) is 0 Å². The molecule has 0 aliphatic carbocycles. The highest BCUT2D eigenvalue weighted by atomic mass is 16.4. The molecule has 0 radical (unpaired) electrons. The Kier molecular flexibility index (Phi) is 2.86. The molecule has 2 aromatic heterocycles. The van der Waals surface area contributed by atoms with Gasteiger partial charge in [-0.2, -0.15) is 0 Å². The largest absolute Gasteiger partial charge is 0.481 e. The van der Waals surface area contributed by atoms with E-state index in [4.69, 9.17) is 5.11 Å². The fraction of sp³-hybridized carbons (Fsp3) is 0.222. The molecule has 16 heavy (non-hydrogen) atoms. The van der Waals surface area contributed by atoms with Gasteiger partial charge in [-0.05, 0) is 0 Å². The minimum atomic E-state index is -0.849. The summed E-state index contributed by atoms with van der Waals surface area (Å²) in [6.45, 7) is 0. The van der Waals surface area contributed by atoms with E-state index >= 15 is 0 Å². The Morgan fingerprint density at radius 1 is 1.38 bits per heavy atom. The van der Waals surface area contributed by atoms with Crippen molar-refractivity contribution in [1.82, 2.24) is 25.0 Å². The first-order valence-electron chi connectivity index (χ1n) is 4.64. The van der Waals surface area contributed by atoms with Crippen molar-refractivity contribution in [2.75, 3.05) is 0 Å². The Balaban J connectivity index is 2.11. The lowest BCUT2D eigenvalue weighted by atomic mass is 10.2. The summed E-state index contributed by atoms with van der Waals surface area (Å²) in [5, 5.41) is 16.2. The van der Waals surface area contributed by atoms with Crippen molar-refractivity contribution in [3.05, 3.63) is 30.6 Å². The Morgan fingerprint density at radius 2 is 2.12 bits per heavy atom. The Morgan fingerprint density at radius 3 is 2.81 bits per heavy atom. The topological polar surface area (TPSA) is 93.8 Å². The molecule has 2 rings (SSSR count). The van der Waals surface area contributed by atoms with Crippen LogP contribution in [0.1, 0.15) is 12.1 Å². The second kappa shape index (κ2) is 4.47. The summed E-state index contributed by atoms with van der Waals surface area (Å²) in [5.74, 6) is -0.849. The smallest absolute Gasteiger partial charge is 0.303 e. The van der Waals surface area contributed by atoms with E-state index in [0.717, 1.165) is 0 Å². The standard InChI is InChI=1S/C9H9N5O2/c15-9(16)2-1-7-5-14(13-12-7)8-3-10-6-11-4-8/h3-6H,1-2H2,(H,15,16). The van der Waals surface area contributed by atoms with Crippen LogP contribution in [0, 0.1) is 0 Å². The molecule has 0 spiro atoms. The van der Waals surface area contributed by atoms with E-state index in [2.05, 4.69) is 20.3 Å². The molecule has 0 aromatic carbocycles. The first-order chi connectivity index (χ1) is 7.75. The van der Waals surface area contributed by atoms with Crippen LogP contribution < -0.4 is 0 Å². The SMILES string of the molecule is O=C(O)CCc1cn(-c2cncnc2)nn1. The Hall–Kier alpha value is -2.31. The third-order valence-corrected chi connectivity index (χ3v) is 1.95. The number of carboxylic acids is 1. The molecule has 0 bridgehead atoms. The number of aromatic nitrogens is 5. The predicted octanol–water partition coefficient (Wildman–Crippen LogP) is 0.0745. The third kappa shape index (κ3) is 2.38. The van der Waals surface area contributed by atoms with E-state index < -0.39 is 5.97 Å². The fourth-order valence-electron chi connectivity index (χ4n) is 1.18. The lowest BCUT2D eigenvalue weighted by Crippen LogP contribution is -1.97. The van der Waals surface area contributed by atoms with Gasteiger partial charge in [-0.15, -0.1) is 5.10 Å². The summed E-state index contributed by atoms with van der Waals surface area (Å²) < 4.78 is 1.51. The summed E-state index contributed by atoms with van der Waals surface area (Å²) in [6, 6.07) is 0. The first-order valence-corrected chi connectivity index (χ1v) is 4.64. The fourth-order valence-corrected chi connectivity index (χ4v) is 1.18. The molecule has 0 aliphatic rings. The molecule has 0 atom stereocenters. The summed E-state index contributed by atoms with van der Waals surface area (Å²) in [6.07, 6.45) is 6.70. The molecule has 7 heteroatoms. The monoisotopic (exact) mass is 219 g/mol. The number of carbonyl (C=O) groups is 1. The zero-order chi connectivity index (χ0) is 11.4. The van der Waals surface area contributed by atoms with Crippen molar-refractivity contribution in [2.45, 2.75) is 12.8 Å².